The number of hydrogen-bond acceptors (Lipinski definition) is 4. The van der Waals surface area contributed by atoms with Crippen LogP contribution in [-0.4, -0.2) is 42.9 Å². The number of ether oxygens (including phenoxy) is 1. The third-order valence-corrected chi connectivity index (χ3v) is 3.91. The summed E-state index contributed by atoms with van der Waals surface area (Å²) in [5.74, 6) is 0. The van der Waals surface area contributed by atoms with Crippen molar-refractivity contribution in [2.75, 3.05) is 32.9 Å². The van der Waals surface area contributed by atoms with Crippen LogP contribution in [0.1, 0.15) is 10.9 Å². The highest BCUT2D eigenvalue weighted by atomic mass is 35.5. The molecule has 1 saturated heterocycles. The van der Waals surface area contributed by atoms with Crippen LogP contribution in [0.5, 0.6) is 0 Å². The topological polar surface area (TPSA) is 32.7 Å². The van der Waals surface area contributed by atoms with E-state index in [9.17, 15) is 5.11 Å². The highest BCUT2D eigenvalue weighted by molar-refractivity contribution is 7.16. The van der Waals surface area contributed by atoms with Crippen molar-refractivity contribution in [1.29, 1.82) is 0 Å². The summed E-state index contributed by atoms with van der Waals surface area (Å²) < 4.78 is 6.06. The quantitative estimate of drug-likeness (QED) is 0.884. The van der Waals surface area contributed by atoms with Crippen molar-refractivity contribution in [3.8, 4) is 0 Å². The maximum Gasteiger partial charge on any atom is 0.0931 e. The van der Waals surface area contributed by atoms with Gasteiger partial charge in [-0.05, 0) is 12.1 Å². The lowest BCUT2D eigenvalue weighted by molar-refractivity contribution is 0.00348. The molecule has 1 fully saturated rings. The van der Waals surface area contributed by atoms with Gasteiger partial charge < -0.3 is 9.84 Å². The monoisotopic (exact) mass is 247 g/mol. The second-order valence-corrected chi connectivity index (χ2v) is 5.24. The highest BCUT2D eigenvalue weighted by Crippen LogP contribution is 2.30. The van der Waals surface area contributed by atoms with Crippen LogP contribution in [0.25, 0.3) is 0 Å². The first kappa shape index (κ1) is 11.4. The van der Waals surface area contributed by atoms with Gasteiger partial charge in [0.05, 0.1) is 30.2 Å². The molecule has 5 heteroatoms. The fraction of sp³-hybridized carbons (Fsp3) is 0.600. The maximum atomic E-state index is 9.42. The summed E-state index contributed by atoms with van der Waals surface area (Å²) in [6.45, 7) is 3.38. The molecule has 1 aromatic rings. The van der Waals surface area contributed by atoms with Gasteiger partial charge in [0.2, 0.25) is 0 Å². The van der Waals surface area contributed by atoms with Crippen LogP contribution in [0.3, 0.4) is 0 Å². The fourth-order valence-electron chi connectivity index (χ4n) is 1.78. The molecular formula is C10H14ClNO2S. The van der Waals surface area contributed by atoms with Gasteiger partial charge in [-0.2, -0.15) is 0 Å². The average molecular weight is 248 g/mol. The first-order chi connectivity index (χ1) is 7.31. The largest absolute Gasteiger partial charge is 0.394 e. The van der Waals surface area contributed by atoms with Crippen LogP contribution in [0.2, 0.25) is 4.34 Å². The van der Waals surface area contributed by atoms with Crippen LogP contribution < -0.4 is 0 Å². The van der Waals surface area contributed by atoms with Gasteiger partial charge in [-0.15, -0.1) is 11.3 Å². The standard InChI is InChI=1S/C10H14ClNO2S/c11-10-2-1-9(15-10)8(7-13)12-3-5-14-6-4-12/h1-2,8,13H,3-7H2. The van der Waals surface area contributed by atoms with Crippen molar-refractivity contribution >= 4 is 22.9 Å². The van der Waals surface area contributed by atoms with Crippen molar-refractivity contribution < 1.29 is 9.84 Å². The molecule has 0 saturated carbocycles. The predicted molar refractivity (Wildman–Crippen MR) is 61.5 cm³/mol. The number of nitrogens with zero attached hydrogens (tertiary/aromatic N) is 1. The number of thiophene rings is 1. The summed E-state index contributed by atoms with van der Waals surface area (Å²) in [5.41, 5.74) is 0. The van der Waals surface area contributed by atoms with Crippen LogP contribution in [0.15, 0.2) is 12.1 Å². The fourth-order valence-corrected chi connectivity index (χ4v) is 2.97. The molecule has 0 amide bonds. The molecular weight excluding hydrogens is 234 g/mol. The number of morpholine rings is 1. The third-order valence-electron chi connectivity index (χ3n) is 2.58. The molecule has 1 aliphatic heterocycles. The molecule has 2 rings (SSSR count). The van der Waals surface area contributed by atoms with E-state index in [1.807, 2.05) is 12.1 Å². The van der Waals surface area contributed by atoms with E-state index in [1.54, 1.807) is 0 Å². The van der Waals surface area contributed by atoms with E-state index in [0.717, 1.165) is 35.5 Å². The van der Waals surface area contributed by atoms with Crippen molar-refractivity contribution in [3.05, 3.63) is 21.3 Å². The van der Waals surface area contributed by atoms with E-state index in [4.69, 9.17) is 16.3 Å². The molecule has 0 bridgehead atoms. The molecule has 1 atom stereocenters. The Balaban J connectivity index is 2.08. The minimum Gasteiger partial charge on any atom is -0.394 e. The number of halogens is 1. The SMILES string of the molecule is OCC(c1ccc(Cl)s1)N1CCOCC1. The van der Waals surface area contributed by atoms with Crippen LogP contribution in [0, 0.1) is 0 Å². The lowest BCUT2D eigenvalue weighted by Gasteiger charge is -2.32. The minimum absolute atomic E-state index is 0.0754. The van der Waals surface area contributed by atoms with Crippen LogP contribution >= 0.6 is 22.9 Å². The normalized spacial score (nSPS) is 20.4. The second kappa shape index (κ2) is 5.27. The zero-order valence-electron chi connectivity index (χ0n) is 8.36. The smallest absolute Gasteiger partial charge is 0.0931 e. The molecule has 1 unspecified atom stereocenters. The summed E-state index contributed by atoms with van der Waals surface area (Å²) in [4.78, 5) is 3.37. The zero-order valence-corrected chi connectivity index (χ0v) is 9.93. The van der Waals surface area contributed by atoms with Crippen molar-refractivity contribution in [1.82, 2.24) is 4.90 Å². The summed E-state index contributed by atoms with van der Waals surface area (Å²) in [7, 11) is 0. The highest BCUT2D eigenvalue weighted by Gasteiger charge is 2.22. The molecule has 3 nitrogen and oxygen atoms in total. The number of hydrogen-bond donors (Lipinski definition) is 1. The van der Waals surface area contributed by atoms with Gasteiger partial charge in [0.1, 0.15) is 0 Å². The van der Waals surface area contributed by atoms with Crippen molar-refractivity contribution in [2.45, 2.75) is 6.04 Å². The Kier molecular flexibility index (Phi) is 3.99. The Bertz CT molecular complexity index is 312. The Labute approximate surface area is 98.2 Å². The molecule has 15 heavy (non-hydrogen) atoms. The van der Waals surface area contributed by atoms with Gasteiger partial charge in [0.25, 0.3) is 0 Å². The van der Waals surface area contributed by atoms with Crippen molar-refractivity contribution in [2.24, 2.45) is 0 Å². The number of aliphatic hydroxyl groups excluding tert-OH is 1. The van der Waals surface area contributed by atoms with Gasteiger partial charge in [-0.3, -0.25) is 4.90 Å². The van der Waals surface area contributed by atoms with Gasteiger partial charge in [0, 0.05) is 18.0 Å². The molecule has 0 aromatic carbocycles. The van der Waals surface area contributed by atoms with E-state index < -0.39 is 0 Å². The summed E-state index contributed by atoms with van der Waals surface area (Å²) >= 11 is 7.43. The molecule has 1 aliphatic rings. The molecule has 1 aromatic heterocycles. The zero-order chi connectivity index (χ0) is 10.7. The van der Waals surface area contributed by atoms with Crippen LogP contribution in [0.4, 0.5) is 0 Å². The van der Waals surface area contributed by atoms with Gasteiger partial charge >= 0.3 is 0 Å². The molecule has 0 spiro atoms. The van der Waals surface area contributed by atoms with Crippen molar-refractivity contribution in [3.63, 3.8) is 0 Å². The van der Waals surface area contributed by atoms with Gasteiger partial charge in [0.15, 0.2) is 0 Å². The first-order valence-electron chi connectivity index (χ1n) is 4.99. The third kappa shape index (κ3) is 2.71. The average Bonchev–Trinajstić information content (AvgIpc) is 2.68. The van der Waals surface area contributed by atoms with E-state index >= 15 is 0 Å². The Morgan fingerprint density at radius 3 is 2.73 bits per heavy atom. The van der Waals surface area contributed by atoms with Crippen LogP contribution in [-0.2, 0) is 4.74 Å². The van der Waals surface area contributed by atoms with E-state index in [-0.39, 0.29) is 12.6 Å². The Morgan fingerprint density at radius 2 is 2.20 bits per heavy atom. The predicted octanol–water partition coefficient (Wildman–Crippen LogP) is 1.77. The molecule has 0 radical (unpaired) electrons. The maximum absolute atomic E-state index is 9.42. The molecule has 0 aliphatic carbocycles. The molecule has 84 valence electrons. The van der Waals surface area contributed by atoms with Gasteiger partial charge in [-0.25, -0.2) is 0 Å². The number of aliphatic hydroxyl groups is 1. The molecule has 1 N–H and O–H groups in total. The Hall–Kier alpha value is -0.130. The van der Waals surface area contributed by atoms with E-state index in [1.165, 1.54) is 11.3 Å². The van der Waals surface area contributed by atoms with E-state index in [2.05, 4.69) is 4.90 Å². The summed E-state index contributed by atoms with van der Waals surface area (Å²) in [6.07, 6.45) is 0. The summed E-state index contributed by atoms with van der Waals surface area (Å²) in [6, 6.07) is 3.94. The summed E-state index contributed by atoms with van der Waals surface area (Å²) in [5, 5.41) is 9.42. The number of rotatable bonds is 3. The first-order valence-corrected chi connectivity index (χ1v) is 6.18. The van der Waals surface area contributed by atoms with E-state index in [0.29, 0.717) is 0 Å². The Morgan fingerprint density at radius 1 is 1.47 bits per heavy atom. The molecule has 2 heterocycles. The lowest BCUT2D eigenvalue weighted by atomic mass is 10.2. The van der Waals surface area contributed by atoms with Gasteiger partial charge in [-0.1, -0.05) is 11.6 Å². The second-order valence-electron chi connectivity index (χ2n) is 3.49. The minimum atomic E-state index is 0.0754. The lowest BCUT2D eigenvalue weighted by Crippen LogP contribution is -2.40.